The van der Waals surface area contributed by atoms with Crippen LogP contribution in [0.2, 0.25) is 0 Å². The van der Waals surface area contributed by atoms with Gasteiger partial charge in [-0.2, -0.15) is 0 Å². The molecule has 120 valence electrons. The van der Waals surface area contributed by atoms with Crippen molar-refractivity contribution in [3.63, 3.8) is 0 Å². The summed E-state index contributed by atoms with van der Waals surface area (Å²) in [6, 6.07) is 10.3. The van der Waals surface area contributed by atoms with Crippen LogP contribution in [0, 0.1) is 0 Å². The number of carbonyl (C=O) groups excluding carboxylic acids is 1. The Hall–Kier alpha value is -1.61. The average molecular weight is 300 g/mol. The molecule has 1 heterocycles. The van der Waals surface area contributed by atoms with Crippen LogP contribution in [-0.4, -0.2) is 48.4 Å². The summed E-state index contributed by atoms with van der Waals surface area (Å²) in [6.45, 7) is 7.01. The van der Waals surface area contributed by atoms with E-state index >= 15 is 0 Å². The van der Waals surface area contributed by atoms with E-state index in [0.29, 0.717) is 13.0 Å². The monoisotopic (exact) mass is 300 g/mol. The smallest absolute Gasteiger partial charge is 0.222 e. The highest BCUT2D eigenvalue weighted by Crippen LogP contribution is 2.08. The van der Waals surface area contributed by atoms with Crippen molar-refractivity contribution in [3.8, 4) is 0 Å². The van der Waals surface area contributed by atoms with Gasteiger partial charge in [0.2, 0.25) is 5.91 Å². The van der Waals surface area contributed by atoms with Crippen LogP contribution in [0.25, 0.3) is 6.08 Å². The molecule has 0 spiro atoms. The molecule has 0 bridgehead atoms. The van der Waals surface area contributed by atoms with E-state index < -0.39 is 0 Å². The predicted octanol–water partition coefficient (Wildman–Crippen LogP) is 3.42. The topological polar surface area (TPSA) is 23.6 Å². The molecule has 0 N–H and O–H groups in total. The summed E-state index contributed by atoms with van der Waals surface area (Å²) >= 11 is 0. The number of benzene rings is 1. The van der Waals surface area contributed by atoms with E-state index in [1.807, 2.05) is 23.1 Å². The molecule has 1 amide bonds. The Morgan fingerprint density at radius 2 is 1.95 bits per heavy atom. The molecule has 3 heteroatoms. The fourth-order valence-corrected chi connectivity index (χ4v) is 2.84. The molecule has 0 atom stereocenters. The number of hydrogen-bond donors (Lipinski definition) is 0. The largest absolute Gasteiger partial charge is 0.338 e. The fraction of sp³-hybridized carbons (Fsp3) is 0.526. The molecule has 0 saturated carbocycles. The van der Waals surface area contributed by atoms with Gasteiger partial charge in [0.05, 0.1) is 0 Å². The summed E-state index contributed by atoms with van der Waals surface area (Å²) in [5.41, 5.74) is 1.19. The summed E-state index contributed by atoms with van der Waals surface area (Å²) in [5.74, 6) is 0.277. The molecular formula is C19H28N2O. The summed E-state index contributed by atoms with van der Waals surface area (Å²) in [4.78, 5) is 16.7. The van der Waals surface area contributed by atoms with Gasteiger partial charge in [-0.1, -0.05) is 49.4 Å². The predicted molar refractivity (Wildman–Crippen MR) is 92.6 cm³/mol. The van der Waals surface area contributed by atoms with Crippen molar-refractivity contribution >= 4 is 12.0 Å². The molecule has 22 heavy (non-hydrogen) atoms. The van der Waals surface area contributed by atoms with Gasteiger partial charge in [0.1, 0.15) is 0 Å². The summed E-state index contributed by atoms with van der Waals surface area (Å²) in [5, 5.41) is 0. The molecule has 0 unspecified atom stereocenters. The van der Waals surface area contributed by atoms with Gasteiger partial charge in [-0.15, -0.1) is 0 Å². The van der Waals surface area contributed by atoms with Crippen molar-refractivity contribution in [3.05, 3.63) is 42.0 Å². The fourth-order valence-electron chi connectivity index (χ4n) is 2.84. The van der Waals surface area contributed by atoms with Crippen LogP contribution in [0.1, 0.15) is 38.2 Å². The third-order valence-electron chi connectivity index (χ3n) is 4.14. The summed E-state index contributed by atoms with van der Waals surface area (Å²) in [7, 11) is 0. The third-order valence-corrected chi connectivity index (χ3v) is 4.14. The van der Waals surface area contributed by atoms with Gasteiger partial charge < -0.3 is 9.80 Å². The minimum Gasteiger partial charge on any atom is -0.338 e. The molecule has 3 nitrogen and oxygen atoms in total. The SMILES string of the molecule is CCCC(=O)N(C/C=C/c1ccccc1)CCN1CCCC1. The van der Waals surface area contributed by atoms with Crippen LogP contribution < -0.4 is 0 Å². The second-order valence-electron chi connectivity index (χ2n) is 5.95. The van der Waals surface area contributed by atoms with Crippen molar-refractivity contribution < 1.29 is 4.79 Å². The lowest BCUT2D eigenvalue weighted by Crippen LogP contribution is -2.37. The minimum absolute atomic E-state index is 0.277. The second-order valence-corrected chi connectivity index (χ2v) is 5.95. The number of nitrogens with zero attached hydrogens (tertiary/aromatic N) is 2. The maximum Gasteiger partial charge on any atom is 0.222 e. The molecule has 0 radical (unpaired) electrons. The minimum atomic E-state index is 0.277. The normalized spacial score (nSPS) is 15.5. The van der Waals surface area contributed by atoms with E-state index in [-0.39, 0.29) is 5.91 Å². The maximum atomic E-state index is 12.3. The molecule has 1 saturated heterocycles. The number of likely N-dealkylation sites (tertiary alicyclic amines) is 1. The van der Waals surface area contributed by atoms with Crippen LogP contribution >= 0.6 is 0 Å². The van der Waals surface area contributed by atoms with Gasteiger partial charge >= 0.3 is 0 Å². The zero-order chi connectivity index (χ0) is 15.6. The zero-order valence-electron chi connectivity index (χ0n) is 13.7. The quantitative estimate of drug-likeness (QED) is 0.734. The van der Waals surface area contributed by atoms with Crippen LogP contribution in [0.4, 0.5) is 0 Å². The van der Waals surface area contributed by atoms with Crippen LogP contribution in [0.5, 0.6) is 0 Å². The number of carbonyl (C=O) groups is 1. The highest BCUT2D eigenvalue weighted by Gasteiger charge is 2.15. The Balaban J connectivity index is 1.85. The van der Waals surface area contributed by atoms with Gasteiger partial charge in [0.15, 0.2) is 0 Å². The first-order valence-corrected chi connectivity index (χ1v) is 8.51. The van der Waals surface area contributed by atoms with Gasteiger partial charge in [-0.05, 0) is 37.9 Å². The molecule has 1 aliphatic heterocycles. The Labute approximate surface area is 134 Å². The second kappa shape index (κ2) is 9.42. The number of rotatable bonds is 8. The third kappa shape index (κ3) is 5.64. The van der Waals surface area contributed by atoms with Gasteiger partial charge in [-0.25, -0.2) is 0 Å². The van der Waals surface area contributed by atoms with Crippen LogP contribution in [0.15, 0.2) is 36.4 Å². The van der Waals surface area contributed by atoms with E-state index in [4.69, 9.17) is 0 Å². The standard InChI is InChI=1S/C19H28N2O/c1-2-9-19(22)21(17-16-20-13-6-7-14-20)15-8-12-18-10-4-3-5-11-18/h3-5,8,10-12H,2,6-7,9,13-17H2,1H3/b12-8+. The highest BCUT2D eigenvalue weighted by atomic mass is 16.2. The Morgan fingerprint density at radius 1 is 1.23 bits per heavy atom. The van der Waals surface area contributed by atoms with Gasteiger partial charge in [0.25, 0.3) is 0 Å². The maximum absolute atomic E-state index is 12.3. The van der Waals surface area contributed by atoms with Crippen molar-refractivity contribution in [1.29, 1.82) is 0 Å². The molecule has 1 aliphatic rings. The highest BCUT2D eigenvalue weighted by molar-refractivity contribution is 5.76. The lowest BCUT2D eigenvalue weighted by atomic mass is 10.2. The van der Waals surface area contributed by atoms with Crippen LogP contribution in [-0.2, 0) is 4.79 Å². The Morgan fingerprint density at radius 3 is 2.64 bits per heavy atom. The molecule has 0 aromatic heterocycles. The Kier molecular flexibility index (Phi) is 7.17. The van der Waals surface area contributed by atoms with E-state index in [2.05, 4.69) is 36.1 Å². The average Bonchev–Trinajstić information content (AvgIpc) is 3.05. The van der Waals surface area contributed by atoms with Crippen molar-refractivity contribution in [2.45, 2.75) is 32.6 Å². The van der Waals surface area contributed by atoms with Gasteiger partial charge in [0, 0.05) is 26.1 Å². The molecule has 1 fully saturated rings. The van der Waals surface area contributed by atoms with Crippen molar-refractivity contribution in [2.75, 3.05) is 32.7 Å². The molecular weight excluding hydrogens is 272 g/mol. The first-order valence-electron chi connectivity index (χ1n) is 8.51. The summed E-state index contributed by atoms with van der Waals surface area (Å²) < 4.78 is 0. The van der Waals surface area contributed by atoms with E-state index in [1.165, 1.54) is 31.5 Å². The molecule has 0 aliphatic carbocycles. The van der Waals surface area contributed by atoms with Gasteiger partial charge in [-0.3, -0.25) is 4.79 Å². The number of hydrogen-bond acceptors (Lipinski definition) is 2. The van der Waals surface area contributed by atoms with Crippen molar-refractivity contribution in [1.82, 2.24) is 9.80 Å². The zero-order valence-corrected chi connectivity index (χ0v) is 13.7. The van der Waals surface area contributed by atoms with Crippen molar-refractivity contribution in [2.24, 2.45) is 0 Å². The lowest BCUT2D eigenvalue weighted by Gasteiger charge is -2.24. The molecule has 1 aromatic rings. The Bertz CT molecular complexity index is 464. The number of amides is 1. The van der Waals surface area contributed by atoms with E-state index in [1.54, 1.807) is 0 Å². The molecule has 2 rings (SSSR count). The first kappa shape index (κ1) is 16.8. The first-order chi connectivity index (χ1) is 10.8. The molecule has 1 aromatic carbocycles. The lowest BCUT2D eigenvalue weighted by molar-refractivity contribution is -0.130. The van der Waals surface area contributed by atoms with E-state index in [0.717, 1.165) is 19.5 Å². The van der Waals surface area contributed by atoms with E-state index in [9.17, 15) is 4.79 Å². The summed E-state index contributed by atoms with van der Waals surface area (Å²) in [6.07, 6.45) is 8.38. The van der Waals surface area contributed by atoms with Crippen LogP contribution in [0.3, 0.4) is 0 Å².